The Balaban J connectivity index is 2.81. The summed E-state index contributed by atoms with van der Waals surface area (Å²) in [5.41, 5.74) is 1.82. The topological polar surface area (TPSA) is 0 Å². The van der Waals surface area contributed by atoms with E-state index in [0.717, 1.165) is 24.0 Å². The number of aryl methyl sites for hydroxylation is 1. The van der Waals surface area contributed by atoms with E-state index in [0.29, 0.717) is 5.88 Å². The van der Waals surface area contributed by atoms with Crippen LogP contribution in [0.3, 0.4) is 0 Å². The molecule has 0 heterocycles. The molecule has 0 aliphatic heterocycles. The number of halogens is 2. The normalized spacial score (nSPS) is 10.2. The molecule has 1 aromatic rings. The van der Waals surface area contributed by atoms with E-state index in [-0.39, 0.29) is 5.82 Å². The Morgan fingerprint density at radius 3 is 2.75 bits per heavy atom. The summed E-state index contributed by atoms with van der Waals surface area (Å²) < 4.78 is 13.1. The van der Waals surface area contributed by atoms with Crippen LogP contribution >= 0.6 is 11.6 Å². The SMILES string of the molecule is Cc1cccc(F)c1CCCCl. The fraction of sp³-hybridized carbons (Fsp3) is 0.400. The van der Waals surface area contributed by atoms with Gasteiger partial charge in [-0.3, -0.25) is 0 Å². The van der Waals surface area contributed by atoms with Gasteiger partial charge in [0.25, 0.3) is 0 Å². The standard InChI is InChI=1S/C10H12ClF/c1-8-4-2-6-10(12)9(8)5-3-7-11/h2,4,6H,3,5,7H2,1H3. The number of hydrogen-bond donors (Lipinski definition) is 0. The Morgan fingerprint density at radius 1 is 1.42 bits per heavy atom. The fourth-order valence-corrected chi connectivity index (χ4v) is 1.36. The van der Waals surface area contributed by atoms with Gasteiger partial charge in [0.2, 0.25) is 0 Å². The highest BCUT2D eigenvalue weighted by Crippen LogP contribution is 2.14. The van der Waals surface area contributed by atoms with Crippen molar-refractivity contribution in [3.05, 3.63) is 35.1 Å². The number of alkyl halides is 1. The molecule has 0 fully saturated rings. The first kappa shape index (κ1) is 9.53. The maximum absolute atomic E-state index is 13.1. The molecular weight excluding hydrogens is 175 g/mol. The van der Waals surface area contributed by atoms with Crippen molar-refractivity contribution in [2.24, 2.45) is 0 Å². The summed E-state index contributed by atoms with van der Waals surface area (Å²) in [7, 11) is 0. The lowest BCUT2D eigenvalue weighted by Crippen LogP contribution is -1.94. The van der Waals surface area contributed by atoms with Gasteiger partial charge in [0, 0.05) is 5.88 Å². The van der Waals surface area contributed by atoms with Crippen molar-refractivity contribution < 1.29 is 4.39 Å². The monoisotopic (exact) mass is 186 g/mol. The highest BCUT2D eigenvalue weighted by molar-refractivity contribution is 6.17. The van der Waals surface area contributed by atoms with Crippen LogP contribution < -0.4 is 0 Å². The quantitative estimate of drug-likeness (QED) is 0.636. The van der Waals surface area contributed by atoms with E-state index in [1.165, 1.54) is 6.07 Å². The Morgan fingerprint density at radius 2 is 2.17 bits per heavy atom. The molecule has 2 heteroatoms. The van der Waals surface area contributed by atoms with Crippen LogP contribution in [0.4, 0.5) is 4.39 Å². The lowest BCUT2D eigenvalue weighted by Gasteiger charge is -2.04. The van der Waals surface area contributed by atoms with Crippen molar-refractivity contribution in [1.82, 2.24) is 0 Å². The Labute approximate surface area is 77.4 Å². The highest BCUT2D eigenvalue weighted by atomic mass is 35.5. The summed E-state index contributed by atoms with van der Waals surface area (Å²) in [5, 5.41) is 0. The van der Waals surface area contributed by atoms with E-state index in [2.05, 4.69) is 0 Å². The van der Waals surface area contributed by atoms with Crippen LogP contribution in [-0.4, -0.2) is 5.88 Å². The molecular formula is C10H12ClF. The lowest BCUT2D eigenvalue weighted by atomic mass is 10.0. The Bertz CT molecular complexity index is 238. The largest absolute Gasteiger partial charge is 0.207 e. The lowest BCUT2D eigenvalue weighted by molar-refractivity contribution is 0.605. The third-order valence-corrected chi connectivity index (χ3v) is 2.18. The van der Waals surface area contributed by atoms with Crippen LogP contribution in [0, 0.1) is 12.7 Å². The maximum Gasteiger partial charge on any atom is 0.126 e. The summed E-state index contributed by atoms with van der Waals surface area (Å²) >= 11 is 5.53. The van der Waals surface area contributed by atoms with Gasteiger partial charge >= 0.3 is 0 Å². The molecule has 0 bridgehead atoms. The first-order chi connectivity index (χ1) is 5.75. The van der Waals surface area contributed by atoms with Crippen LogP contribution in [0.2, 0.25) is 0 Å². The van der Waals surface area contributed by atoms with E-state index in [1.807, 2.05) is 13.0 Å². The van der Waals surface area contributed by atoms with Crippen molar-refractivity contribution in [3.8, 4) is 0 Å². The summed E-state index contributed by atoms with van der Waals surface area (Å²) in [5.74, 6) is 0.480. The van der Waals surface area contributed by atoms with Gasteiger partial charge < -0.3 is 0 Å². The average Bonchev–Trinajstić information content (AvgIpc) is 2.04. The molecule has 0 nitrogen and oxygen atoms in total. The third kappa shape index (κ3) is 2.21. The van der Waals surface area contributed by atoms with Gasteiger partial charge in [-0.2, -0.15) is 0 Å². The van der Waals surface area contributed by atoms with Gasteiger partial charge in [0.15, 0.2) is 0 Å². The van der Waals surface area contributed by atoms with Crippen molar-refractivity contribution in [2.75, 3.05) is 5.88 Å². The molecule has 0 atom stereocenters. The molecule has 0 saturated carbocycles. The highest BCUT2D eigenvalue weighted by Gasteiger charge is 2.03. The third-order valence-electron chi connectivity index (χ3n) is 1.91. The van der Waals surface area contributed by atoms with Crippen molar-refractivity contribution >= 4 is 11.6 Å². The second-order valence-electron chi connectivity index (χ2n) is 2.83. The molecule has 0 amide bonds. The minimum atomic E-state index is -0.111. The first-order valence-electron chi connectivity index (χ1n) is 4.05. The smallest absolute Gasteiger partial charge is 0.126 e. The molecule has 0 aliphatic carbocycles. The van der Waals surface area contributed by atoms with Gasteiger partial charge in [0.1, 0.15) is 5.82 Å². The second kappa shape index (κ2) is 4.46. The zero-order valence-corrected chi connectivity index (χ0v) is 7.87. The van der Waals surface area contributed by atoms with Crippen molar-refractivity contribution in [1.29, 1.82) is 0 Å². The molecule has 1 aromatic carbocycles. The van der Waals surface area contributed by atoms with Gasteiger partial charge in [-0.05, 0) is 37.0 Å². The van der Waals surface area contributed by atoms with Crippen LogP contribution in [0.15, 0.2) is 18.2 Å². The molecule has 66 valence electrons. The van der Waals surface area contributed by atoms with Crippen molar-refractivity contribution in [3.63, 3.8) is 0 Å². The predicted octanol–water partition coefficient (Wildman–Crippen LogP) is 3.31. The zero-order valence-electron chi connectivity index (χ0n) is 7.11. The Hall–Kier alpha value is -0.560. The van der Waals surface area contributed by atoms with Crippen LogP contribution in [0.5, 0.6) is 0 Å². The number of rotatable bonds is 3. The fourth-order valence-electron chi connectivity index (χ4n) is 1.23. The van der Waals surface area contributed by atoms with E-state index in [4.69, 9.17) is 11.6 Å². The molecule has 1 rings (SSSR count). The minimum absolute atomic E-state index is 0.111. The maximum atomic E-state index is 13.1. The molecule has 0 spiro atoms. The van der Waals surface area contributed by atoms with E-state index < -0.39 is 0 Å². The van der Waals surface area contributed by atoms with E-state index in [9.17, 15) is 4.39 Å². The zero-order chi connectivity index (χ0) is 8.97. The molecule has 0 radical (unpaired) electrons. The van der Waals surface area contributed by atoms with Gasteiger partial charge in [0.05, 0.1) is 0 Å². The summed E-state index contributed by atoms with van der Waals surface area (Å²) in [6, 6.07) is 5.15. The minimum Gasteiger partial charge on any atom is -0.207 e. The van der Waals surface area contributed by atoms with Crippen LogP contribution in [0.1, 0.15) is 17.5 Å². The van der Waals surface area contributed by atoms with Crippen molar-refractivity contribution in [2.45, 2.75) is 19.8 Å². The first-order valence-corrected chi connectivity index (χ1v) is 4.59. The van der Waals surface area contributed by atoms with Crippen LogP contribution in [0.25, 0.3) is 0 Å². The Kier molecular flexibility index (Phi) is 3.54. The summed E-state index contributed by atoms with van der Waals surface area (Å²) in [6.45, 7) is 1.92. The average molecular weight is 187 g/mol. The second-order valence-corrected chi connectivity index (χ2v) is 3.21. The predicted molar refractivity (Wildman–Crippen MR) is 50.2 cm³/mol. The molecule has 0 aromatic heterocycles. The molecule has 0 aliphatic rings. The van der Waals surface area contributed by atoms with Gasteiger partial charge in [-0.15, -0.1) is 11.6 Å². The van der Waals surface area contributed by atoms with Gasteiger partial charge in [-0.1, -0.05) is 12.1 Å². The van der Waals surface area contributed by atoms with Gasteiger partial charge in [-0.25, -0.2) is 4.39 Å². The van der Waals surface area contributed by atoms with E-state index in [1.54, 1.807) is 6.07 Å². The molecule has 0 unspecified atom stereocenters. The number of benzene rings is 1. The van der Waals surface area contributed by atoms with Crippen LogP contribution in [-0.2, 0) is 6.42 Å². The number of hydrogen-bond acceptors (Lipinski definition) is 0. The van der Waals surface area contributed by atoms with E-state index >= 15 is 0 Å². The molecule has 0 saturated heterocycles. The summed E-state index contributed by atoms with van der Waals surface area (Å²) in [6.07, 6.45) is 1.57. The molecule has 12 heavy (non-hydrogen) atoms. The summed E-state index contributed by atoms with van der Waals surface area (Å²) in [4.78, 5) is 0. The molecule has 0 N–H and O–H groups in total.